The van der Waals surface area contributed by atoms with Gasteiger partial charge < -0.3 is 15.1 Å². The summed E-state index contributed by atoms with van der Waals surface area (Å²) in [6.45, 7) is 14.5. The molecule has 1 N–H and O–H groups in total. The summed E-state index contributed by atoms with van der Waals surface area (Å²) in [5.41, 5.74) is 0. The van der Waals surface area contributed by atoms with Gasteiger partial charge in [-0.15, -0.1) is 0 Å². The molecule has 112 valence electrons. The molecule has 0 spiro atoms. The summed E-state index contributed by atoms with van der Waals surface area (Å²) in [6.07, 6.45) is 0. The van der Waals surface area contributed by atoms with Crippen molar-refractivity contribution in [3.8, 4) is 0 Å². The molecule has 0 aromatic heterocycles. The molecule has 0 unspecified atom stereocenters. The first kappa shape index (κ1) is 15.2. The summed E-state index contributed by atoms with van der Waals surface area (Å²) in [4.78, 5) is 10.1. The van der Waals surface area contributed by atoms with E-state index in [1.807, 2.05) is 0 Å². The van der Waals surface area contributed by atoms with Gasteiger partial charge in [-0.3, -0.25) is 9.80 Å². The van der Waals surface area contributed by atoms with Gasteiger partial charge in [0.2, 0.25) is 0 Å². The quantitative estimate of drug-likeness (QED) is 0.672. The maximum atomic E-state index is 3.41. The Morgan fingerprint density at radius 3 is 1.95 bits per heavy atom. The molecule has 2 rings (SSSR count). The molecule has 0 bridgehead atoms. The minimum absolute atomic E-state index is 1.16. The zero-order valence-electron chi connectivity index (χ0n) is 12.8. The molecule has 0 atom stereocenters. The van der Waals surface area contributed by atoms with Crippen molar-refractivity contribution in [1.82, 2.24) is 24.9 Å². The first-order chi connectivity index (χ1) is 9.24. The van der Waals surface area contributed by atoms with Crippen LogP contribution >= 0.6 is 0 Å². The highest BCUT2D eigenvalue weighted by Gasteiger charge is 2.14. The van der Waals surface area contributed by atoms with Crippen molar-refractivity contribution in [2.24, 2.45) is 0 Å². The van der Waals surface area contributed by atoms with E-state index in [1.165, 1.54) is 65.4 Å². The van der Waals surface area contributed by atoms with Crippen molar-refractivity contribution in [3.05, 3.63) is 0 Å². The van der Waals surface area contributed by atoms with Gasteiger partial charge in [-0.2, -0.15) is 0 Å². The Bertz CT molecular complexity index is 234. The Hall–Kier alpha value is -0.200. The standard InChI is InChI=1S/C14H31N5/c1-16(7-11-18-5-3-15-4-6-18)8-12-19-13-9-17(2)10-14-19/h15H,3-14H2,1-2H3. The number of nitrogens with zero attached hydrogens (tertiary/aromatic N) is 4. The molecular formula is C14H31N5. The molecule has 0 radical (unpaired) electrons. The van der Waals surface area contributed by atoms with Gasteiger partial charge in [0.25, 0.3) is 0 Å². The molecule has 2 saturated heterocycles. The first-order valence-corrected chi connectivity index (χ1v) is 7.76. The van der Waals surface area contributed by atoms with Gasteiger partial charge in [-0.05, 0) is 14.1 Å². The highest BCUT2D eigenvalue weighted by molar-refractivity contribution is 4.72. The monoisotopic (exact) mass is 269 g/mol. The topological polar surface area (TPSA) is 25.0 Å². The largest absolute Gasteiger partial charge is 0.314 e. The number of rotatable bonds is 6. The normalized spacial score (nSPS) is 24.2. The van der Waals surface area contributed by atoms with Crippen LogP contribution in [-0.2, 0) is 0 Å². The molecule has 2 fully saturated rings. The highest BCUT2D eigenvalue weighted by atomic mass is 15.3. The molecule has 0 amide bonds. The van der Waals surface area contributed by atoms with E-state index in [0.717, 1.165) is 13.1 Å². The van der Waals surface area contributed by atoms with Crippen LogP contribution in [0, 0.1) is 0 Å². The van der Waals surface area contributed by atoms with E-state index in [1.54, 1.807) is 0 Å². The van der Waals surface area contributed by atoms with Crippen molar-refractivity contribution in [2.45, 2.75) is 0 Å². The molecule has 0 aromatic carbocycles. The predicted octanol–water partition coefficient (Wildman–Crippen LogP) is -0.929. The summed E-state index contributed by atoms with van der Waals surface area (Å²) in [7, 11) is 4.48. The predicted molar refractivity (Wildman–Crippen MR) is 80.7 cm³/mol. The van der Waals surface area contributed by atoms with Crippen molar-refractivity contribution < 1.29 is 0 Å². The van der Waals surface area contributed by atoms with Crippen LogP contribution in [0.3, 0.4) is 0 Å². The number of hydrogen-bond acceptors (Lipinski definition) is 5. The average molecular weight is 269 g/mol. The summed E-state index contributed by atoms with van der Waals surface area (Å²) >= 11 is 0. The molecular weight excluding hydrogens is 238 g/mol. The summed E-state index contributed by atoms with van der Waals surface area (Å²) < 4.78 is 0. The molecule has 2 aliphatic heterocycles. The van der Waals surface area contributed by atoms with E-state index in [2.05, 4.69) is 39.0 Å². The SMILES string of the molecule is CN(CCN1CCNCC1)CCN1CCN(C)CC1. The zero-order valence-corrected chi connectivity index (χ0v) is 12.8. The van der Waals surface area contributed by atoms with Crippen molar-refractivity contribution >= 4 is 0 Å². The van der Waals surface area contributed by atoms with Gasteiger partial charge in [0.05, 0.1) is 0 Å². The fourth-order valence-electron chi connectivity index (χ4n) is 2.74. The molecule has 2 aliphatic rings. The van der Waals surface area contributed by atoms with Crippen LogP contribution in [0.5, 0.6) is 0 Å². The van der Waals surface area contributed by atoms with Gasteiger partial charge in [0, 0.05) is 78.5 Å². The maximum Gasteiger partial charge on any atom is 0.0110 e. The van der Waals surface area contributed by atoms with Crippen LogP contribution in [0.1, 0.15) is 0 Å². The van der Waals surface area contributed by atoms with Crippen LogP contribution in [-0.4, -0.2) is 112 Å². The van der Waals surface area contributed by atoms with Crippen LogP contribution in [0.15, 0.2) is 0 Å². The lowest BCUT2D eigenvalue weighted by Gasteiger charge is -2.34. The third kappa shape index (κ3) is 5.75. The fraction of sp³-hybridized carbons (Fsp3) is 1.00. The van der Waals surface area contributed by atoms with E-state index < -0.39 is 0 Å². The molecule has 5 heteroatoms. The first-order valence-electron chi connectivity index (χ1n) is 7.76. The smallest absolute Gasteiger partial charge is 0.0110 e. The Balaban J connectivity index is 1.52. The average Bonchev–Trinajstić information content (AvgIpc) is 2.45. The van der Waals surface area contributed by atoms with Gasteiger partial charge in [0.15, 0.2) is 0 Å². The third-order valence-electron chi connectivity index (χ3n) is 4.40. The third-order valence-corrected chi connectivity index (χ3v) is 4.40. The van der Waals surface area contributed by atoms with Gasteiger partial charge >= 0.3 is 0 Å². The Kier molecular flexibility index (Phi) is 6.53. The Morgan fingerprint density at radius 1 is 0.842 bits per heavy atom. The molecule has 2 heterocycles. The number of hydrogen-bond donors (Lipinski definition) is 1. The molecule has 19 heavy (non-hydrogen) atoms. The lowest BCUT2D eigenvalue weighted by Crippen LogP contribution is -2.48. The summed E-state index contributed by atoms with van der Waals surface area (Å²) in [5, 5.41) is 3.41. The maximum absolute atomic E-state index is 3.41. The molecule has 0 aliphatic carbocycles. The molecule has 5 nitrogen and oxygen atoms in total. The Labute approximate surface area is 118 Å². The number of likely N-dealkylation sites (N-methyl/N-ethyl adjacent to an activating group) is 2. The molecule has 0 saturated carbocycles. The second-order valence-electron chi connectivity index (χ2n) is 6.04. The van der Waals surface area contributed by atoms with Crippen LogP contribution in [0.2, 0.25) is 0 Å². The van der Waals surface area contributed by atoms with Crippen molar-refractivity contribution in [3.63, 3.8) is 0 Å². The molecule has 0 aromatic rings. The van der Waals surface area contributed by atoms with Crippen molar-refractivity contribution in [2.75, 3.05) is 92.6 Å². The lowest BCUT2D eigenvalue weighted by molar-refractivity contribution is 0.135. The minimum Gasteiger partial charge on any atom is -0.314 e. The van der Waals surface area contributed by atoms with Crippen LogP contribution in [0.25, 0.3) is 0 Å². The Morgan fingerprint density at radius 2 is 1.37 bits per heavy atom. The van der Waals surface area contributed by atoms with E-state index in [0.29, 0.717) is 0 Å². The van der Waals surface area contributed by atoms with Gasteiger partial charge in [-0.1, -0.05) is 0 Å². The van der Waals surface area contributed by atoms with Gasteiger partial charge in [-0.25, -0.2) is 0 Å². The van der Waals surface area contributed by atoms with E-state index >= 15 is 0 Å². The van der Waals surface area contributed by atoms with Crippen LogP contribution < -0.4 is 5.32 Å². The van der Waals surface area contributed by atoms with E-state index in [9.17, 15) is 0 Å². The second-order valence-corrected chi connectivity index (χ2v) is 6.04. The van der Waals surface area contributed by atoms with E-state index in [-0.39, 0.29) is 0 Å². The van der Waals surface area contributed by atoms with Crippen molar-refractivity contribution in [1.29, 1.82) is 0 Å². The fourth-order valence-corrected chi connectivity index (χ4v) is 2.74. The zero-order chi connectivity index (χ0) is 13.5. The summed E-state index contributed by atoms with van der Waals surface area (Å²) in [5.74, 6) is 0. The highest BCUT2D eigenvalue weighted by Crippen LogP contribution is 1.99. The van der Waals surface area contributed by atoms with Crippen LogP contribution in [0.4, 0.5) is 0 Å². The number of nitrogens with one attached hydrogen (secondary N) is 1. The van der Waals surface area contributed by atoms with E-state index in [4.69, 9.17) is 0 Å². The van der Waals surface area contributed by atoms with Gasteiger partial charge in [0.1, 0.15) is 0 Å². The lowest BCUT2D eigenvalue weighted by atomic mass is 10.3. The summed E-state index contributed by atoms with van der Waals surface area (Å²) in [6, 6.07) is 0. The minimum atomic E-state index is 1.16. The second kappa shape index (κ2) is 8.17. The number of piperazine rings is 2.